The predicted octanol–water partition coefficient (Wildman–Crippen LogP) is 2.70. The maximum absolute atomic E-state index is 10.7. The van der Waals surface area contributed by atoms with E-state index in [1.807, 2.05) is 0 Å². The van der Waals surface area contributed by atoms with Gasteiger partial charge in [-0.1, -0.05) is 0 Å². The summed E-state index contributed by atoms with van der Waals surface area (Å²) in [5.41, 5.74) is 0.149. The fourth-order valence-electron chi connectivity index (χ4n) is 1.52. The zero-order valence-electron chi connectivity index (χ0n) is 10.1. The third kappa shape index (κ3) is 3.45. The van der Waals surface area contributed by atoms with E-state index in [0.717, 1.165) is 5.56 Å². The Morgan fingerprint density at radius 1 is 1.47 bits per heavy atom. The van der Waals surface area contributed by atoms with Gasteiger partial charge < -0.3 is 4.74 Å². The minimum atomic E-state index is -0.555. The number of ether oxygens (including phenoxy) is 1. The summed E-state index contributed by atoms with van der Waals surface area (Å²) in [5.74, 6) is 0.433. The number of nitro groups is 1. The SMILES string of the molecule is COc1cc(CC(C)(C)C#N)cc([N+](=O)[O-])c1. The number of nitro benzene ring substituents is 1. The summed E-state index contributed by atoms with van der Waals surface area (Å²) in [5, 5.41) is 19.7. The molecule has 90 valence electrons. The summed E-state index contributed by atoms with van der Waals surface area (Å²) in [7, 11) is 1.46. The van der Waals surface area contributed by atoms with E-state index in [-0.39, 0.29) is 5.69 Å². The Bertz CT molecular complexity index is 475. The van der Waals surface area contributed by atoms with Crippen molar-refractivity contribution in [3.05, 3.63) is 33.9 Å². The molecule has 0 atom stereocenters. The zero-order chi connectivity index (χ0) is 13.1. The summed E-state index contributed by atoms with van der Waals surface area (Å²) >= 11 is 0. The average Bonchev–Trinajstić information content (AvgIpc) is 2.28. The molecule has 0 aromatic heterocycles. The lowest BCUT2D eigenvalue weighted by atomic mass is 9.87. The van der Waals surface area contributed by atoms with E-state index in [2.05, 4.69) is 6.07 Å². The summed E-state index contributed by atoms with van der Waals surface area (Å²) in [6.07, 6.45) is 0.446. The van der Waals surface area contributed by atoms with Gasteiger partial charge >= 0.3 is 0 Å². The second-order valence-corrected chi connectivity index (χ2v) is 4.47. The quantitative estimate of drug-likeness (QED) is 0.592. The molecule has 0 bridgehead atoms. The van der Waals surface area contributed by atoms with Gasteiger partial charge in [0, 0.05) is 6.07 Å². The van der Waals surface area contributed by atoms with Crippen LogP contribution in [0.1, 0.15) is 19.4 Å². The smallest absolute Gasteiger partial charge is 0.273 e. The highest BCUT2D eigenvalue weighted by Gasteiger charge is 2.20. The van der Waals surface area contributed by atoms with E-state index >= 15 is 0 Å². The molecule has 5 nitrogen and oxygen atoms in total. The van der Waals surface area contributed by atoms with Crippen LogP contribution >= 0.6 is 0 Å². The number of nitriles is 1. The molecular weight excluding hydrogens is 220 g/mol. The van der Waals surface area contributed by atoms with Gasteiger partial charge in [0.15, 0.2) is 0 Å². The topological polar surface area (TPSA) is 76.2 Å². The molecule has 1 rings (SSSR count). The summed E-state index contributed by atoms with van der Waals surface area (Å²) in [4.78, 5) is 10.3. The molecule has 0 saturated carbocycles. The zero-order valence-corrected chi connectivity index (χ0v) is 10.1. The van der Waals surface area contributed by atoms with Crippen molar-refractivity contribution in [3.63, 3.8) is 0 Å². The van der Waals surface area contributed by atoms with E-state index < -0.39 is 10.3 Å². The van der Waals surface area contributed by atoms with E-state index in [0.29, 0.717) is 12.2 Å². The van der Waals surface area contributed by atoms with E-state index in [4.69, 9.17) is 10.00 Å². The van der Waals surface area contributed by atoms with Gasteiger partial charge in [-0.05, 0) is 31.9 Å². The van der Waals surface area contributed by atoms with Crippen LogP contribution in [0.25, 0.3) is 0 Å². The minimum Gasteiger partial charge on any atom is -0.496 e. The second-order valence-electron chi connectivity index (χ2n) is 4.47. The molecule has 5 heteroatoms. The molecular formula is C12H14N2O3. The van der Waals surface area contributed by atoms with Crippen molar-refractivity contribution >= 4 is 5.69 Å². The van der Waals surface area contributed by atoms with Gasteiger partial charge in [-0.2, -0.15) is 5.26 Å². The van der Waals surface area contributed by atoms with Gasteiger partial charge in [0.25, 0.3) is 5.69 Å². The maximum atomic E-state index is 10.7. The van der Waals surface area contributed by atoms with Gasteiger partial charge in [0.05, 0.1) is 29.6 Å². The Kier molecular flexibility index (Phi) is 3.69. The van der Waals surface area contributed by atoms with Crippen LogP contribution in [0.5, 0.6) is 5.75 Å². The average molecular weight is 234 g/mol. The van der Waals surface area contributed by atoms with Crippen molar-refractivity contribution < 1.29 is 9.66 Å². The fraction of sp³-hybridized carbons (Fsp3) is 0.417. The van der Waals surface area contributed by atoms with Crippen LogP contribution in [0.15, 0.2) is 18.2 Å². The first kappa shape index (κ1) is 13.0. The molecule has 0 unspecified atom stereocenters. The lowest BCUT2D eigenvalue weighted by Gasteiger charge is -2.15. The first-order valence-electron chi connectivity index (χ1n) is 5.11. The Morgan fingerprint density at radius 2 is 2.12 bits per heavy atom. The normalized spacial score (nSPS) is 10.7. The molecule has 0 radical (unpaired) electrons. The summed E-state index contributed by atoms with van der Waals surface area (Å²) in [6, 6.07) is 6.72. The Hall–Kier alpha value is -2.09. The van der Waals surface area contributed by atoms with Gasteiger partial charge in [0.1, 0.15) is 5.75 Å². The van der Waals surface area contributed by atoms with Crippen LogP contribution in [-0.4, -0.2) is 12.0 Å². The molecule has 1 aromatic rings. The largest absolute Gasteiger partial charge is 0.496 e. The predicted molar refractivity (Wildman–Crippen MR) is 62.7 cm³/mol. The van der Waals surface area contributed by atoms with Crippen molar-refractivity contribution in [2.24, 2.45) is 5.41 Å². The summed E-state index contributed by atoms with van der Waals surface area (Å²) < 4.78 is 5.01. The Morgan fingerprint density at radius 3 is 2.59 bits per heavy atom. The number of hydrogen-bond acceptors (Lipinski definition) is 4. The molecule has 0 spiro atoms. The maximum Gasteiger partial charge on any atom is 0.273 e. The van der Waals surface area contributed by atoms with Gasteiger partial charge in [-0.3, -0.25) is 10.1 Å². The number of non-ortho nitro benzene ring substituents is 1. The minimum absolute atomic E-state index is 0.0203. The highest BCUT2D eigenvalue weighted by molar-refractivity contribution is 5.43. The molecule has 0 fully saturated rings. The lowest BCUT2D eigenvalue weighted by Crippen LogP contribution is -2.12. The third-order valence-electron chi connectivity index (χ3n) is 2.35. The highest BCUT2D eigenvalue weighted by Crippen LogP contribution is 2.27. The second kappa shape index (κ2) is 4.83. The molecule has 0 saturated heterocycles. The van der Waals surface area contributed by atoms with Crippen molar-refractivity contribution in [2.45, 2.75) is 20.3 Å². The molecule has 0 aliphatic heterocycles. The third-order valence-corrected chi connectivity index (χ3v) is 2.35. The van der Waals surface area contributed by atoms with Crippen molar-refractivity contribution in [1.29, 1.82) is 5.26 Å². The molecule has 0 amide bonds. The number of nitrogens with zero attached hydrogens (tertiary/aromatic N) is 2. The standard InChI is InChI=1S/C12H14N2O3/c1-12(2,8-13)7-9-4-10(14(15)16)6-11(5-9)17-3/h4-6H,7H2,1-3H3. The lowest BCUT2D eigenvalue weighted by molar-refractivity contribution is -0.385. The van der Waals surface area contributed by atoms with Gasteiger partial charge in [-0.25, -0.2) is 0 Å². The fourth-order valence-corrected chi connectivity index (χ4v) is 1.52. The Balaban J connectivity index is 3.12. The van der Waals surface area contributed by atoms with Crippen LogP contribution < -0.4 is 4.74 Å². The number of hydrogen-bond donors (Lipinski definition) is 0. The van der Waals surface area contributed by atoms with Crippen LogP contribution in [0.4, 0.5) is 5.69 Å². The van der Waals surface area contributed by atoms with E-state index in [1.54, 1.807) is 19.9 Å². The van der Waals surface area contributed by atoms with Crippen LogP contribution in [0, 0.1) is 26.9 Å². The molecule has 1 aromatic carbocycles. The number of rotatable bonds is 4. The van der Waals surface area contributed by atoms with Crippen molar-refractivity contribution in [3.8, 4) is 11.8 Å². The van der Waals surface area contributed by atoms with Crippen LogP contribution in [0.2, 0.25) is 0 Å². The first-order valence-corrected chi connectivity index (χ1v) is 5.11. The molecule has 0 aliphatic rings. The monoisotopic (exact) mass is 234 g/mol. The molecule has 0 heterocycles. The van der Waals surface area contributed by atoms with E-state index in [9.17, 15) is 10.1 Å². The highest BCUT2D eigenvalue weighted by atomic mass is 16.6. The molecule has 0 N–H and O–H groups in total. The van der Waals surface area contributed by atoms with Crippen molar-refractivity contribution in [2.75, 3.05) is 7.11 Å². The summed E-state index contributed by atoms with van der Waals surface area (Å²) in [6.45, 7) is 3.58. The Labute approximate surface area is 99.8 Å². The number of benzene rings is 1. The van der Waals surface area contributed by atoms with Crippen LogP contribution in [-0.2, 0) is 6.42 Å². The van der Waals surface area contributed by atoms with E-state index in [1.165, 1.54) is 19.2 Å². The van der Waals surface area contributed by atoms with Gasteiger partial charge in [0.2, 0.25) is 0 Å². The molecule has 17 heavy (non-hydrogen) atoms. The van der Waals surface area contributed by atoms with Crippen LogP contribution in [0.3, 0.4) is 0 Å². The van der Waals surface area contributed by atoms with Gasteiger partial charge in [-0.15, -0.1) is 0 Å². The number of methoxy groups -OCH3 is 1. The first-order chi connectivity index (χ1) is 7.88. The van der Waals surface area contributed by atoms with Crippen molar-refractivity contribution in [1.82, 2.24) is 0 Å². The molecule has 0 aliphatic carbocycles.